The van der Waals surface area contributed by atoms with Gasteiger partial charge in [-0.3, -0.25) is 4.79 Å². The van der Waals surface area contributed by atoms with Crippen LogP contribution in [-0.4, -0.2) is 24.5 Å². The molecule has 4 nitrogen and oxygen atoms in total. The third-order valence-electron chi connectivity index (χ3n) is 5.43. The highest BCUT2D eigenvalue weighted by atomic mass is 32.1. The summed E-state index contributed by atoms with van der Waals surface area (Å²) in [5.41, 5.74) is 2.49. The van der Waals surface area contributed by atoms with Crippen molar-refractivity contribution < 1.29 is 9.53 Å². The fourth-order valence-corrected chi connectivity index (χ4v) is 4.45. The zero-order chi connectivity index (χ0) is 16.6. The van der Waals surface area contributed by atoms with Gasteiger partial charge in [0.25, 0.3) is 0 Å². The van der Waals surface area contributed by atoms with E-state index in [2.05, 4.69) is 15.7 Å². The van der Waals surface area contributed by atoms with Gasteiger partial charge < -0.3 is 10.1 Å². The first kappa shape index (κ1) is 15.6. The highest BCUT2D eigenvalue weighted by molar-refractivity contribution is 7.09. The molecule has 2 saturated carbocycles. The highest BCUT2D eigenvalue weighted by Gasteiger charge is 2.60. The Labute approximate surface area is 146 Å². The van der Waals surface area contributed by atoms with Gasteiger partial charge in [-0.2, -0.15) is 0 Å². The number of benzene rings is 1. The van der Waals surface area contributed by atoms with Gasteiger partial charge in [0.05, 0.1) is 17.8 Å². The lowest BCUT2D eigenvalue weighted by Crippen LogP contribution is -2.30. The van der Waals surface area contributed by atoms with Crippen molar-refractivity contribution in [3.8, 4) is 17.0 Å². The van der Waals surface area contributed by atoms with Crippen LogP contribution in [0.1, 0.15) is 30.7 Å². The molecular formula is C19H22N2O2S. The monoisotopic (exact) mass is 342 g/mol. The maximum Gasteiger partial charge on any atom is 0.223 e. The molecule has 0 radical (unpaired) electrons. The summed E-state index contributed by atoms with van der Waals surface area (Å²) in [7, 11) is 1.67. The Morgan fingerprint density at radius 1 is 1.38 bits per heavy atom. The van der Waals surface area contributed by atoms with Crippen molar-refractivity contribution in [3.05, 3.63) is 34.7 Å². The number of nitrogens with zero attached hydrogens (tertiary/aromatic N) is 1. The number of amides is 1. The highest BCUT2D eigenvalue weighted by Crippen LogP contribution is 2.65. The number of ether oxygens (including phenoxy) is 1. The summed E-state index contributed by atoms with van der Waals surface area (Å²) >= 11 is 1.65. The Bertz CT molecular complexity index is 734. The van der Waals surface area contributed by atoms with E-state index in [9.17, 15) is 4.79 Å². The molecule has 1 aromatic heterocycles. The Morgan fingerprint density at radius 3 is 2.79 bits per heavy atom. The number of nitrogens with one attached hydrogen (secondary N) is 1. The van der Waals surface area contributed by atoms with Crippen LogP contribution in [0.4, 0.5) is 0 Å². The molecule has 0 aliphatic heterocycles. The summed E-state index contributed by atoms with van der Waals surface area (Å²) in [4.78, 5) is 16.8. The minimum absolute atomic E-state index is 0.252. The van der Waals surface area contributed by atoms with Gasteiger partial charge in [0.1, 0.15) is 5.75 Å². The van der Waals surface area contributed by atoms with Gasteiger partial charge in [-0.05, 0) is 48.9 Å². The lowest BCUT2D eigenvalue weighted by Gasteiger charge is -2.26. The third kappa shape index (κ3) is 2.93. The van der Waals surface area contributed by atoms with Crippen molar-refractivity contribution in [2.45, 2.75) is 32.1 Å². The predicted octanol–water partition coefficient (Wildman–Crippen LogP) is 3.67. The molecule has 1 amide bonds. The number of thiazole rings is 1. The molecule has 2 aromatic rings. The van der Waals surface area contributed by atoms with E-state index >= 15 is 0 Å². The second kappa shape index (κ2) is 6.20. The number of methoxy groups -OCH3 is 1. The Kier molecular flexibility index (Phi) is 4.04. The molecule has 1 atom stereocenters. The molecule has 2 aliphatic rings. The van der Waals surface area contributed by atoms with Gasteiger partial charge in [-0.25, -0.2) is 4.98 Å². The Morgan fingerprint density at radius 2 is 2.17 bits per heavy atom. The fourth-order valence-electron chi connectivity index (χ4n) is 3.64. The van der Waals surface area contributed by atoms with E-state index in [1.54, 1.807) is 18.4 Å². The first-order chi connectivity index (χ1) is 11.7. The van der Waals surface area contributed by atoms with Crippen LogP contribution in [0.25, 0.3) is 11.3 Å². The standard InChI is InChI=1S/C19H22N2O2S/c1-23-14-5-3-13(4-6-14)16-12-24-17(21-16)7-10-20-18(22)15-11-19(15)8-2-9-19/h3-6,12,15H,2,7-11H2,1H3,(H,20,22). The minimum atomic E-state index is 0.252. The minimum Gasteiger partial charge on any atom is -0.497 e. The summed E-state index contributed by atoms with van der Waals surface area (Å²) in [6.45, 7) is 0.682. The first-order valence-electron chi connectivity index (χ1n) is 8.57. The number of carbonyl (C=O) groups excluding carboxylic acids is 1. The molecule has 1 unspecified atom stereocenters. The molecule has 1 spiro atoms. The SMILES string of the molecule is COc1ccc(-c2csc(CCNC(=O)C3CC34CCC4)n2)cc1. The molecule has 24 heavy (non-hydrogen) atoms. The van der Waals surface area contributed by atoms with Crippen LogP contribution in [0.5, 0.6) is 5.75 Å². The first-order valence-corrected chi connectivity index (χ1v) is 9.45. The molecule has 1 N–H and O–H groups in total. The Balaban J connectivity index is 1.28. The number of rotatable bonds is 6. The van der Waals surface area contributed by atoms with Gasteiger partial charge >= 0.3 is 0 Å². The molecule has 0 bridgehead atoms. The van der Waals surface area contributed by atoms with Crippen molar-refractivity contribution in [2.24, 2.45) is 11.3 Å². The summed E-state index contributed by atoms with van der Waals surface area (Å²) < 4.78 is 5.18. The van der Waals surface area contributed by atoms with Crippen LogP contribution in [0.2, 0.25) is 0 Å². The maximum absolute atomic E-state index is 12.2. The van der Waals surface area contributed by atoms with Crippen LogP contribution in [0.15, 0.2) is 29.6 Å². The van der Waals surface area contributed by atoms with Crippen molar-refractivity contribution in [1.29, 1.82) is 0 Å². The zero-order valence-electron chi connectivity index (χ0n) is 13.9. The van der Waals surface area contributed by atoms with Crippen molar-refractivity contribution in [2.75, 3.05) is 13.7 Å². The zero-order valence-corrected chi connectivity index (χ0v) is 14.7. The van der Waals surface area contributed by atoms with Crippen LogP contribution in [0, 0.1) is 11.3 Å². The van der Waals surface area contributed by atoms with Gasteiger partial charge in [0.2, 0.25) is 5.91 Å². The molecule has 2 aliphatic carbocycles. The van der Waals surface area contributed by atoms with Crippen molar-refractivity contribution >= 4 is 17.2 Å². The number of carbonyl (C=O) groups is 1. The number of aromatic nitrogens is 1. The van der Waals surface area contributed by atoms with E-state index in [4.69, 9.17) is 4.74 Å². The fraction of sp³-hybridized carbons (Fsp3) is 0.474. The molecule has 2 fully saturated rings. The van der Waals surface area contributed by atoms with Crippen molar-refractivity contribution in [1.82, 2.24) is 10.3 Å². The van der Waals surface area contributed by atoms with E-state index in [0.29, 0.717) is 12.0 Å². The number of hydrogen-bond donors (Lipinski definition) is 1. The molecular weight excluding hydrogens is 320 g/mol. The largest absolute Gasteiger partial charge is 0.497 e. The lowest BCUT2D eigenvalue weighted by atomic mass is 9.80. The van der Waals surface area contributed by atoms with E-state index in [1.807, 2.05) is 24.3 Å². The van der Waals surface area contributed by atoms with Crippen LogP contribution in [-0.2, 0) is 11.2 Å². The van der Waals surface area contributed by atoms with Crippen LogP contribution < -0.4 is 10.1 Å². The topological polar surface area (TPSA) is 51.2 Å². The summed E-state index contributed by atoms with van der Waals surface area (Å²) in [5.74, 6) is 1.39. The van der Waals surface area contributed by atoms with Crippen LogP contribution in [0.3, 0.4) is 0 Å². The third-order valence-corrected chi connectivity index (χ3v) is 6.34. The average molecular weight is 342 g/mol. The molecule has 1 heterocycles. The van der Waals surface area contributed by atoms with E-state index in [0.717, 1.165) is 34.9 Å². The second-order valence-corrected chi connectivity index (χ2v) is 7.81. The average Bonchev–Trinajstić information content (AvgIpc) is 3.20. The summed E-state index contributed by atoms with van der Waals surface area (Å²) in [6.07, 6.45) is 5.71. The molecule has 126 valence electrons. The van der Waals surface area contributed by atoms with Crippen molar-refractivity contribution in [3.63, 3.8) is 0 Å². The van der Waals surface area contributed by atoms with E-state index in [1.165, 1.54) is 19.3 Å². The van der Waals surface area contributed by atoms with E-state index < -0.39 is 0 Å². The van der Waals surface area contributed by atoms with Crippen LogP contribution >= 0.6 is 11.3 Å². The maximum atomic E-state index is 12.2. The molecule has 4 rings (SSSR count). The second-order valence-electron chi connectivity index (χ2n) is 6.87. The van der Waals surface area contributed by atoms with Gasteiger partial charge in [-0.1, -0.05) is 6.42 Å². The lowest BCUT2D eigenvalue weighted by molar-refractivity contribution is -0.123. The normalized spacial score (nSPS) is 20.5. The predicted molar refractivity (Wildman–Crippen MR) is 95.2 cm³/mol. The summed E-state index contributed by atoms with van der Waals surface area (Å²) in [6, 6.07) is 7.93. The smallest absolute Gasteiger partial charge is 0.223 e. The van der Waals surface area contributed by atoms with Gasteiger partial charge in [0, 0.05) is 29.8 Å². The molecule has 5 heteroatoms. The van der Waals surface area contributed by atoms with Gasteiger partial charge in [-0.15, -0.1) is 11.3 Å². The summed E-state index contributed by atoms with van der Waals surface area (Å²) in [5, 5.41) is 6.23. The molecule has 0 saturated heterocycles. The number of hydrogen-bond acceptors (Lipinski definition) is 4. The van der Waals surface area contributed by atoms with Gasteiger partial charge in [0.15, 0.2) is 0 Å². The quantitative estimate of drug-likeness (QED) is 0.871. The van der Waals surface area contributed by atoms with E-state index in [-0.39, 0.29) is 11.8 Å². The molecule has 1 aromatic carbocycles. The Hall–Kier alpha value is -1.88.